The fraction of sp³-hybridized carbons (Fsp3) is 0.100. The highest BCUT2D eigenvalue weighted by atomic mass is 35.5. The summed E-state index contributed by atoms with van der Waals surface area (Å²) >= 11 is 7.92. The van der Waals surface area contributed by atoms with Crippen molar-refractivity contribution >= 4 is 61.3 Å². The molecule has 2 heterocycles. The number of carbonyl (C=O) groups is 1. The molecule has 0 bridgehead atoms. The van der Waals surface area contributed by atoms with Crippen molar-refractivity contribution in [1.29, 1.82) is 0 Å². The fourth-order valence-electron chi connectivity index (χ4n) is 2.95. The van der Waals surface area contributed by atoms with Crippen molar-refractivity contribution in [3.05, 3.63) is 64.5 Å². The van der Waals surface area contributed by atoms with Gasteiger partial charge in [0, 0.05) is 22.0 Å². The van der Waals surface area contributed by atoms with Gasteiger partial charge in [-0.1, -0.05) is 35.9 Å². The van der Waals surface area contributed by atoms with Crippen LogP contribution in [0.4, 0.5) is 11.5 Å². The van der Waals surface area contributed by atoms with Gasteiger partial charge in [0.1, 0.15) is 5.82 Å². The summed E-state index contributed by atoms with van der Waals surface area (Å²) in [5, 5.41) is 10.8. The lowest BCUT2D eigenvalue weighted by molar-refractivity contribution is 0.0957. The van der Waals surface area contributed by atoms with Crippen molar-refractivity contribution in [3.63, 3.8) is 0 Å². The predicted octanol–water partition coefficient (Wildman–Crippen LogP) is 5.60. The van der Waals surface area contributed by atoms with Gasteiger partial charge in [0.2, 0.25) is 0 Å². The van der Waals surface area contributed by atoms with Gasteiger partial charge in [-0.25, -0.2) is 4.98 Å². The first-order valence-corrected chi connectivity index (χ1v) is 9.54. The summed E-state index contributed by atoms with van der Waals surface area (Å²) in [6.07, 6.45) is 0. The number of carbonyl (C=O) groups excluding carboxylic acids is 1. The first kappa shape index (κ1) is 16.8. The van der Waals surface area contributed by atoms with Crippen molar-refractivity contribution in [2.24, 2.45) is 0 Å². The third kappa shape index (κ3) is 2.89. The Morgan fingerprint density at radius 1 is 1.12 bits per heavy atom. The number of hydrogen-bond donors (Lipinski definition) is 2. The van der Waals surface area contributed by atoms with Gasteiger partial charge in [-0.3, -0.25) is 4.79 Å². The Kier molecular flexibility index (Phi) is 4.49. The van der Waals surface area contributed by atoms with Crippen molar-refractivity contribution in [1.82, 2.24) is 10.3 Å². The molecule has 0 aliphatic rings. The SMILES string of the molecule is CCNC(=O)c1cccc2c1nc(Nc1ccccc1Cl)c1ccsc12. The predicted molar refractivity (Wildman–Crippen MR) is 110 cm³/mol. The van der Waals surface area contributed by atoms with Crippen LogP contribution in [-0.4, -0.2) is 17.4 Å². The minimum absolute atomic E-state index is 0.120. The number of amides is 1. The highest BCUT2D eigenvalue weighted by molar-refractivity contribution is 7.18. The third-order valence-electron chi connectivity index (χ3n) is 4.13. The van der Waals surface area contributed by atoms with Crippen LogP contribution in [0.2, 0.25) is 5.02 Å². The minimum Gasteiger partial charge on any atom is -0.352 e. The van der Waals surface area contributed by atoms with E-state index in [9.17, 15) is 4.79 Å². The maximum atomic E-state index is 12.5. The summed E-state index contributed by atoms with van der Waals surface area (Å²) in [6.45, 7) is 2.47. The molecule has 0 unspecified atom stereocenters. The molecular weight excluding hydrogens is 366 g/mol. The maximum Gasteiger partial charge on any atom is 0.253 e. The molecule has 0 fully saturated rings. The molecule has 0 aliphatic heterocycles. The highest BCUT2D eigenvalue weighted by Crippen LogP contribution is 2.36. The maximum absolute atomic E-state index is 12.5. The Hall–Kier alpha value is -2.63. The third-order valence-corrected chi connectivity index (χ3v) is 5.41. The number of thiophene rings is 1. The molecule has 0 spiro atoms. The summed E-state index contributed by atoms with van der Waals surface area (Å²) in [7, 11) is 0. The Bertz CT molecular complexity index is 1120. The van der Waals surface area contributed by atoms with Gasteiger partial charge >= 0.3 is 0 Å². The smallest absolute Gasteiger partial charge is 0.253 e. The van der Waals surface area contributed by atoms with Crippen LogP contribution in [0.3, 0.4) is 0 Å². The average molecular weight is 382 g/mol. The summed E-state index contributed by atoms with van der Waals surface area (Å²) < 4.78 is 1.09. The molecule has 130 valence electrons. The molecule has 0 atom stereocenters. The first-order valence-electron chi connectivity index (χ1n) is 8.28. The molecule has 0 radical (unpaired) electrons. The molecule has 4 aromatic rings. The number of halogens is 1. The molecule has 2 aromatic carbocycles. The number of hydrogen-bond acceptors (Lipinski definition) is 4. The number of benzene rings is 2. The standard InChI is InChI=1S/C20H16ClN3OS/c1-2-22-20(25)13-7-5-6-12-17(13)24-19(14-10-11-26-18(12)14)23-16-9-4-3-8-15(16)21/h3-11H,2H2,1H3,(H,22,25)(H,23,24). The largest absolute Gasteiger partial charge is 0.352 e. The molecule has 1 amide bonds. The van der Waals surface area contributed by atoms with Gasteiger partial charge in [0.25, 0.3) is 5.91 Å². The van der Waals surface area contributed by atoms with Crippen molar-refractivity contribution < 1.29 is 4.79 Å². The Morgan fingerprint density at radius 2 is 1.96 bits per heavy atom. The summed E-state index contributed by atoms with van der Waals surface area (Å²) in [6, 6.07) is 15.3. The lowest BCUT2D eigenvalue weighted by atomic mass is 10.1. The van der Waals surface area contributed by atoms with E-state index >= 15 is 0 Å². The number of aromatic nitrogens is 1. The van der Waals surface area contributed by atoms with E-state index in [0.717, 1.165) is 21.2 Å². The quantitative estimate of drug-likeness (QED) is 0.484. The Labute approximate surface area is 159 Å². The van der Waals surface area contributed by atoms with E-state index in [4.69, 9.17) is 16.6 Å². The van der Waals surface area contributed by atoms with Crippen molar-refractivity contribution in [2.45, 2.75) is 6.92 Å². The average Bonchev–Trinajstić information content (AvgIpc) is 3.14. The molecular formula is C20H16ClN3OS. The minimum atomic E-state index is -0.120. The zero-order chi connectivity index (χ0) is 18.1. The van der Waals surface area contributed by atoms with Gasteiger partial charge in [-0.15, -0.1) is 11.3 Å². The molecule has 4 rings (SSSR count). The monoisotopic (exact) mass is 381 g/mol. The van der Waals surface area contributed by atoms with E-state index in [2.05, 4.69) is 10.6 Å². The van der Waals surface area contributed by atoms with Crippen LogP contribution in [0.5, 0.6) is 0 Å². The molecule has 26 heavy (non-hydrogen) atoms. The van der Waals surface area contributed by atoms with Gasteiger partial charge < -0.3 is 10.6 Å². The van der Waals surface area contributed by atoms with E-state index in [-0.39, 0.29) is 5.91 Å². The number of pyridine rings is 1. The fourth-order valence-corrected chi connectivity index (χ4v) is 4.05. The molecule has 4 nitrogen and oxygen atoms in total. The van der Waals surface area contributed by atoms with Crippen LogP contribution in [-0.2, 0) is 0 Å². The summed E-state index contributed by atoms with van der Waals surface area (Å²) in [4.78, 5) is 17.3. The summed E-state index contributed by atoms with van der Waals surface area (Å²) in [5.41, 5.74) is 2.04. The Balaban J connectivity index is 1.94. The van der Waals surface area contributed by atoms with Crippen LogP contribution in [0.25, 0.3) is 21.0 Å². The zero-order valence-electron chi connectivity index (χ0n) is 14.0. The van der Waals surface area contributed by atoms with E-state index in [0.29, 0.717) is 28.5 Å². The van der Waals surface area contributed by atoms with E-state index in [1.54, 1.807) is 17.4 Å². The van der Waals surface area contributed by atoms with Gasteiger partial charge in [-0.2, -0.15) is 0 Å². The molecule has 2 N–H and O–H groups in total. The molecule has 2 aromatic heterocycles. The highest BCUT2D eigenvalue weighted by Gasteiger charge is 2.16. The van der Waals surface area contributed by atoms with Gasteiger partial charge in [-0.05, 0) is 36.6 Å². The second-order valence-corrected chi connectivity index (χ2v) is 7.11. The van der Waals surface area contributed by atoms with E-state index in [1.165, 1.54) is 0 Å². The lowest BCUT2D eigenvalue weighted by Gasteiger charge is -2.12. The van der Waals surface area contributed by atoms with Crippen LogP contribution in [0, 0.1) is 0 Å². The first-order chi connectivity index (χ1) is 12.7. The number of anilines is 2. The van der Waals surface area contributed by atoms with Crippen LogP contribution in [0.1, 0.15) is 17.3 Å². The van der Waals surface area contributed by atoms with Crippen molar-refractivity contribution in [3.8, 4) is 0 Å². The zero-order valence-corrected chi connectivity index (χ0v) is 15.6. The Morgan fingerprint density at radius 3 is 2.77 bits per heavy atom. The molecule has 6 heteroatoms. The second kappa shape index (κ2) is 6.94. The van der Waals surface area contributed by atoms with Crippen LogP contribution >= 0.6 is 22.9 Å². The number of nitrogens with zero attached hydrogens (tertiary/aromatic N) is 1. The number of para-hydroxylation sites is 2. The normalized spacial score (nSPS) is 11.0. The lowest BCUT2D eigenvalue weighted by Crippen LogP contribution is -2.23. The van der Waals surface area contributed by atoms with Crippen LogP contribution in [0.15, 0.2) is 53.9 Å². The van der Waals surface area contributed by atoms with E-state index in [1.807, 2.05) is 54.8 Å². The van der Waals surface area contributed by atoms with Crippen LogP contribution < -0.4 is 10.6 Å². The van der Waals surface area contributed by atoms with Crippen molar-refractivity contribution in [2.75, 3.05) is 11.9 Å². The van der Waals surface area contributed by atoms with Gasteiger partial charge in [0.05, 0.1) is 21.8 Å². The number of nitrogens with one attached hydrogen (secondary N) is 2. The number of rotatable bonds is 4. The second-order valence-electron chi connectivity index (χ2n) is 5.79. The summed E-state index contributed by atoms with van der Waals surface area (Å²) in [5.74, 6) is 0.573. The van der Waals surface area contributed by atoms with E-state index < -0.39 is 0 Å². The van der Waals surface area contributed by atoms with Gasteiger partial charge in [0.15, 0.2) is 0 Å². The number of fused-ring (bicyclic) bond motifs is 3. The molecule has 0 aliphatic carbocycles. The topological polar surface area (TPSA) is 54.0 Å². The molecule has 0 saturated heterocycles. The molecule has 0 saturated carbocycles.